The van der Waals surface area contributed by atoms with Crippen molar-refractivity contribution in [2.75, 3.05) is 4.90 Å². The van der Waals surface area contributed by atoms with Crippen LogP contribution < -0.4 is 21.3 Å². The molecule has 2 aromatic carbocycles. The summed E-state index contributed by atoms with van der Waals surface area (Å²) in [7, 11) is 0. The number of anilines is 1. The number of hydrogen-bond donors (Lipinski definition) is 4. The predicted octanol–water partition coefficient (Wildman–Crippen LogP) is 1.48. The number of aromatic nitrogens is 1. The number of para-hydroxylation sites is 2. The molecule has 160 valence electrons. The minimum Gasteiger partial charge on any atom is -0.506 e. The predicted molar refractivity (Wildman–Crippen MR) is 122 cm³/mol. The van der Waals surface area contributed by atoms with Crippen LogP contribution in [-0.4, -0.2) is 38.2 Å². The van der Waals surface area contributed by atoms with Crippen molar-refractivity contribution in [3.8, 4) is 5.75 Å². The standard InChI is InChI=1S/C22H17N5O4S/c1-11-6-5-9-13-16(11)23-18(29)14(17(13)28)10-15-19(30)26(12-7-3-2-4-8-12)21-24-25-22(32)27(21)20(15)31/h2-10,21,24H,1H3,(H,25,32)(H2,23,28,29)/b15-10-/t21-/m0/s1. The van der Waals surface area contributed by atoms with Gasteiger partial charge in [0.15, 0.2) is 11.4 Å². The number of aryl methyl sites for hydroxylation is 1. The lowest BCUT2D eigenvalue weighted by molar-refractivity contribution is -0.131. The van der Waals surface area contributed by atoms with E-state index in [0.29, 0.717) is 16.6 Å². The SMILES string of the molecule is Cc1cccc2c(O)c(/C=C3\C(=O)N4C(=S)NN[C@H]4N(c4ccccc4)C3=O)c(=O)[nH]c12. The van der Waals surface area contributed by atoms with Crippen LogP contribution >= 0.6 is 12.2 Å². The van der Waals surface area contributed by atoms with E-state index in [2.05, 4.69) is 15.8 Å². The van der Waals surface area contributed by atoms with Gasteiger partial charge in [-0.15, -0.1) is 0 Å². The fourth-order valence-electron chi connectivity index (χ4n) is 3.92. The van der Waals surface area contributed by atoms with E-state index >= 15 is 0 Å². The monoisotopic (exact) mass is 447 g/mol. The third-order valence-electron chi connectivity index (χ3n) is 5.50. The molecule has 2 saturated heterocycles. The molecule has 2 aliphatic rings. The highest BCUT2D eigenvalue weighted by molar-refractivity contribution is 7.80. The maximum absolute atomic E-state index is 13.4. The molecule has 0 radical (unpaired) electrons. The molecule has 2 aliphatic heterocycles. The Morgan fingerprint density at radius 2 is 1.72 bits per heavy atom. The molecule has 0 unspecified atom stereocenters. The van der Waals surface area contributed by atoms with Crippen molar-refractivity contribution in [2.24, 2.45) is 0 Å². The highest BCUT2D eigenvalue weighted by atomic mass is 32.1. The van der Waals surface area contributed by atoms with E-state index in [0.717, 1.165) is 11.6 Å². The molecule has 5 rings (SSSR count). The first-order valence-electron chi connectivity index (χ1n) is 9.72. The summed E-state index contributed by atoms with van der Waals surface area (Å²) in [5, 5.41) is 11.3. The van der Waals surface area contributed by atoms with Gasteiger partial charge in [-0.05, 0) is 49.0 Å². The number of fused-ring (bicyclic) bond motifs is 2. The zero-order valence-corrected chi connectivity index (χ0v) is 17.6. The number of benzene rings is 2. The van der Waals surface area contributed by atoms with Crippen molar-refractivity contribution >= 4 is 51.8 Å². The zero-order valence-electron chi connectivity index (χ0n) is 16.7. The molecule has 0 aliphatic carbocycles. The van der Waals surface area contributed by atoms with Gasteiger partial charge in [0.05, 0.1) is 11.1 Å². The zero-order chi connectivity index (χ0) is 22.6. The van der Waals surface area contributed by atoms with E-state index in [1.54, 1.807) is 55.5 Å². The van der Waals surface area contributed by atoms with Crippen molar-refractivity contribution < 1.29 is 14.7 Å². The average molecular weight is 447 g/mol. The van der Waals surface area contributed by atoms with E-state index in [1.807, 2.05) is 0 Å². The number of carbonyl (C=O) groups excluding carboxylic acids is 2. The fourth-order valence-corrected chi connectivity index (χ4v) is 4.16. The number of aromatic amines is 1. The summed E-state index contributed by atoms with van der Waals surface area (Å²) in [5.74, 6) is -1.63. The van der Waals surface area contributed by atoms with Gasteiger partial charge < -0.3 is 10.1 Å². The second-order valence-corrected chi connectivity index (χ2v) is 7.79. The molecule has 32 heavy (non-hydrogen) atoms. The van der Waals surface area contributed by atoms with Gasteiger partial charge >= 0.3 is 0 Å². The Morgan fingerprint density at radius 3 is 2.47 bits per heavy atom. The molecule has 2 fully saturated rings. The van der Waals surface area contributed by atoms with Crippen LogP contribution in [-0.2, 0) is 9.59 Å². The van der Waals surface area contributed by atoms with Crippen molar-refractivity contribution in [1.82, 2.24) is 20.7 Å². The molecular weight excluding hydrogens is 430 g/mol. The highest BCUT2D eigenvalue weighted by Crippen LogP contribution is 2.32. The van der Waals surface area contributed by atoms with E-state index < -0.39 is 23.7 Å². The number of hydrogen-bond acceptors (Lipinski definition) is 6. The summed E-state index contributed by atoms with van der Waals surface area (Å²) < 4.78 is 0. The molecule has 9 nitrogen and oxygen atoms in total. The quantitative estimate of drug-likeness (QED) is 0.267. The molecule has 1 aromatic heterocycles. The third-order valence-corrected chi connectivity index (χ3v) is 5.80. The molecule has 1 atom stereocenters. The number of nitrogens with one attached hydrogen (secondary N) is 3. The summed E-state index contributed by atoms with van der Waals surface area (Å²) in [6, 6.07) is 13.9. The first-order chi connectivity index (χ1) is 15.4. The summed E-state index contributed by atoms with van der Waals surface area (Å²) in [6.45, 7) is 1.80. The Kier molecular flexibility index (Phi) is 4.54. The first-order valence-corrected chi connectivity index (χ1v) is 10.1. The molecule has 2 amide bonds. The summed E-state index contributed by atoms with van der Waals surface area (Å²) >= 11 is 5.23. The normalized spacial score (nSPS) is 19.6. The highest BCUT2D eigenvalue weighted by Gasteiger charge is 2.48. The molecule has 0 spiro atoms. The minimum absolute atomic E-state index is 0.0894. The average Bonchev–Trinajstić information content (AvgIpc) is 3.16. The van der Waals surface area contributed by atoms with Crippen LogP contribution in [0.3, 0.4) is 0 Å². The largest absolute Gasteiger partial charge is 0.506 e. The Labute approximate surface area is 186 Å². The van der Waals surface area contributed by atoms with Crippen LogP contribution in [0.15, 0.2) is 58.9 Å². The molecule has 0 bridgehead atoms. The molecule has 4 N–H and O–H groups in total. The van der Waals surface area contributed by atoms with Crippen LogP contribution in [0.2, 0.25) is 0 Å². The van der Waals surface area contributed by atoms with Crippen LogP contribution in [0.5, 0.6) is 5.75 Å². The van der Waals surface area contributed by atoms with Gasteiger partial charge in [0.2, 0.25) is 0 Å². The summed E-state index contributed by atoms with van der Waals surface area (Å²) in [5.41, 5.74) is 6.21. The summed E-state index contributed by atoms with van der Waals surface area (Å²) in [6.07, 6.45) is 0.251. The van der Waals surface area contributed by atoms with Crippen LogP contribution in [0.4, 0.5) is 5.69 Å². The minimum atomic E-state index is -0.867. The number of amides is 2. The van der Waals surface area contributed by atoms with Crippen LogP contribution in [0, 0.1) is 6.92 Å². The van der Waals surface area contributed by atoms with Crippen molar-refractivity contribution in [3.63, 3.8) is 0 Å². The van der Waals surface area contributed by atoms with E-state index in [9.17, 15) is 19.5 Å². The van der Waals surface area contributed by atoms with Crippen molar-refractivity contribution in [1.29, 1.82) is 0 Å². The number of rotatable bonds is 2. The molecule has 0 saturated carbocycles. The second-order valence-electron chi connectivity index (χ2n) is 7.41. The number of hydrazine groups is 1. The number of aromatic hydroxyl groups is 1. The number of nitrogens with zero attached hydrogens (tertiary/aromatic N) is 2. The van der Waals surface area contributed by atoms with Gasteiger partial charge in [-0.1, -0.05) is 30.3 Å². The number of H-pyrrole nitrogens is 1. The maximum atomic E-state index is 13.4. The van der Waals surface area contributed by atoms with Crippen molar-refractivity contribution in [3.05, 3.63) is 75.6 Å². The number of thiocarbonyl (C=S) groups is 1. The van der Waals surface area contributed by atoms with Gasteiger partial charge in [-0.2, -0.15) is 5.43 Å². The first kappa shape index (κ1) is 19.9. The lowest BCUT2D eigenvalue weighted by Gasteiger charge is -2.38. The summed E-state index contributed by atoms with van der Waals surface area (Å²) in [4.78, 5) is 44.7. The van der Waals surface area contributed by atoms with Gasteiger partial charge in [-0.25, -0.2) is 4.90 Å². The lowest BCUT2D eigenvalue weighted by atomic mass is 10.0. The van der Waals surface area contributed by atoms with Crippen LogP contribution in [0.25, 0.3) is 17.0 Å². The van der Waals surface area contributed by atoms with Gasteiger partial charge in [0, 0.05) is 11.1 Å². The maximum Gasteiger partial charge on any atom is 0.268 e. The van der Waals surface area contributed by atoms with E-state index in [4.69, 9.17) is 12.2 Å². The van der Waals surface area contributed by atoms with Gasteiger partial charge in [0.25, 0.3) is 17.4 Å². The van der Waals surface area contributed by atoms with Gasteiger partial charge in [-0.3, -0.25) is 24.7 Å². The Morgan fingerprint density at radius 1 is 1.00 bits per heavy atom. The van der Waals surface area contributed by atoms with E-state index in [1.165, 1.54) is 9.80 Å². The third kappa shape index (κ3) is 2.88. The van der Waals surface area contributed by atoms with Gasteiger partial charge in [0.1, 0.15) is 11.3 Å². The van der Waals surface area contributed by atoms with E-state index in [-0.39, 0.29) is 22.0 Å². The fraction of sp³-hybridized carbons (Fsp3) is 0.0909. The topological polar surface area (TPSA) is 118 Å². The second kappa shape index (κ2) is 7.29. The van der Waals surface area contributed by atoms with Crippen molar-refractivity contribution in [2.45, 2.75) is 13.2 Å². The smallest absolute Gasteiger partial charge is 0.268 e. The Bertz CT molecular complexity index is 1400. The van der Waals surface area contributed by atoms with Crippen LogP contribution in [0.1, 0.15) is 11.1 Å². The number of carbonyl (C=O) groups is 2. The molecule has 3 aromatic rings. The molecular formula is C22H17N5O4S. The lowest BCUT2D eigenvalue weighted by Crippen LogP contribution is -2.61. The molecule has 3 heterocycles. The Hall–Kier alpha value is -4.02. The Balaban J connectivity index is 1.71. The number of pyridine rings is 1. The molecule has 10 heteroatoms.